The summed E-state index contributed by atoms with van der Waals surface area (Å²) in [6.07, 6.45) is 0. The number of hydrazone groups is 1. The number of halogens is 2. The van der Waals surface area contributed by atoms with Gasteiger partial charge in [0.2, 0.25) is 5.71 Å². The Morgan fingerprint density at radius 3 is 2.50 bits per heavy atom. The van der Waals surface area contributed by atoms with Gasteiger partial charge in [0.25, 0.3) is 0 Å². The molecule has 0 aliphatic rings. The van der Waals surface area contributed by atoms with Crippen molar-refractivity contribution in [2.45, 2.75) is 26.2 Å². The van der Waals surface area contributed by atoms with Crippen LogP contribution >= 0.6 is 15.9 Å². The molecule has 106 valence electrons. The number of nitrogens with zero attached hydrogens (tertiary/aromatic N) is 2. The van der Waals surface area contributed by atoms with Crippen molar-refractivity contribution in [1.82, 2.24) is 0 Å². The van der Waals surface area contributed by atoms with E-state index in [4.69, 9.17) is 16.4 Å². The van der Waals surface area contributed by atoms with Crippen LogP contribution in [-0.2, 0) is 5.41 Å². The number of benzene rings is 1. The molecule has 0 spiro atoms. The summed E-state index contributed by atoms with van der Waals surface area (Å²) in [7, 11) is 0. The summed E-state index contributed by atoms with van der Waals surface area (Å²) in [5.41, 5.74) is 7.98. The van der Waals surface area contributed by atoms with Crippen LogP contribution in [0.1, 0.15) is 26.3 Å². The number of nitrogens with two attached hydrogens (primary N) is 1. The van der Waals surface area contributed by atoms with E-state index in [1.54, 1.807) is 12.1 Å². The van der Waals surface area contributed by atoms with E-state index in [1.165, 1.54) is 6.07 Å². The second-order valence-corrected chi connectivity index (χ2v) is 6.02. The lowest BCUT2D eigenvalue weighted by Gasteiger charge is -2.20. The van der Waals surface area contributed by atoms with Gasteiger partial charge in [-0.25, -0.2) is 4.39 Å². The topological polar surface area (TPSA) is 98.0 Å². The van der Waals surface area contributed by atoms with Crippen LogP contribution in [0, 0.1) is 22.6 Å². The summed E-state index contributed by atoms with van der Waals surface area (Å²) in [5.74, 6) is -0.989. The summed E-state index contributed by atoms with van der Waals surface area (Å²) >= 11 is 3.26. The highest BCUT2D eigenvalue weighted by Gasteiger charge is 2.18. The predicted octanol–water partition coefficient (Wildman–Crippen LogP) is 3.11. The second kappa shape index (κ2) is 6.01. The molecule has 0 saturated carbocycles. The van der Waals surface area contributed by atoms with Gasteiger partial charge >= 0.3 is 0 Å². The Labute approximate surface area is 125 Å². The van der Waals surface area contributed by atoms with Crippen LogP contribution in [-0.4, -0.2) is 11.5 Å². The lowest BCUT2D eigenvalue weighted by molar-refractivity contribution is 0.572. The van der Waals surface area contributed by atoms with Crippen molar-refractivity contribution in [3.63, 3.8) is 0 Å². The highest BCUT2D eigenvalue weighted by atomic mass is 79.9. The number of rotatable bonds is 3. The zero-order chi connectivity index (χ0) is 15.5. The molecule has 0 aliphatic heterocycles. The molecule has 0 bridgehead atoms. The van der Waals surface area contributed by atoms with Crippen LogP contribution < -0.4 is 11.2 Å². The fourth-order valence-electron chi connectivity index (χ4n) is 1.37. The van der Waals surface area contributed by atoms with Gasteiger partial charge in [0.1, 0.15) is 17.6 Å². The summed E-state index contributed by atoms with van der Waals surface area (Å²) in [6, 6.07) is 4.83. The fraction of sp³-hybridized carbons (Fsp3) is 0.308. The van der Waals surface area contributed by atoms with E-state index in [9.17, 15) is 4.39 Å². The molecule has 0 fully saturated rings. The standard InChI is InChI=1S/C13H15BrFN5/c1-13(2,3)7-4-8(14)11(9(15)5-7)20-19-10(6-16)12(17)18/h4-5,20H,1-3H3,(H3,17,18)/b19-10+. The Hall–Kier alpha value is -1.94. The molecule has 0 radical (unpaired) electrons. The largest absolute Gasteiger partial charge is 0.382 e. The molecule has 5 nitrogen and oxygen atoms in total. The normalized spacial score (nSPS) is 11.9. The number of hydrogen-bond acceptors (Lipinski definition) is 4. The van der Waals surface area contributed by atoms with Crippen molar-refractivity contribution in [2.24, 2.45) is 10.8 Å². The molecular weight excluding hydrogens is 325 g/mol. The smallest absolute Gasteiger partial charge is 0.201 e. The Morgan fingerprint density at radius 1 is 1.50 bits per heavy atom. The summed E-state index contributed by atoms with van der Waals surface area (Å²) < 4.78 is 14.5. The first kappa shape index (κ1) is 16.1. The maximum Gasteiger partial charge on any atom is 0.201 e. The number of anilines is 1. The van der Waals surface area contributed by atoms with Gasteiger partial charge in [-0.1, -0.05) is 20.8 Å². The van der Waals surface area contributed by atoms with E-state index in [0.717, 1.165) is 5.56 Å². The lowest BCUT2D eigenvalue weighted by atomic mass is 9.87. The van der Waals surface area contributed by atoms with E-state index in [1.807, 2.05) is 20.8 Å². The van der Waals surface area contributed by atoms with Crippen LogP contribution in [0.15, 0.2) is 21.7 Å². The second-order valence-electron chi connectivity index (χ2n) is 5.16. The molecule has 20 heavy (non-hydrogen) atoms. The van der Waals surface area contributed by atoms with Gasteiger partial charge in [-0.3, -0.25) is 10.8 Å². The van der Waals surface area contributed by atoms with Crippen LogP contribution in [0.25, 0.3) is 0 Å². The van der Waals surface area contributed by atoms with Crippen LogP contribution in [0.3, 0.4) is 0 Å². The Balaban J connectivity index is 3.17. The van der Waals surface area contributed by atoms with E-state index in [-0.39, 0.29) is 16.8 Å². The molecule has 0 unspecified atom stereocenters. The third-order valence-corrected chi connectivity index (χ3v) is 3.17. The van der Waals surface area contributed by atoms with Gasteiger partial charge in [-0.05, 0) is 39.0 Å². The Kier molecular flexibility index (Phi) is 4.84. The molecule has 0 atom stereocenters. The zero-order valence-corrected chi connectivity index (χ0v) is 13.0. The van der Waals surface area contributed by atoms with Gasteiger partial charge in [0.15, 0.2) is 5.84 Å². The lowest BCUT2D eigenvalue weighted by Crippen LogP contribution is -2.22. The molecule has 4 N–H and O–H groups in total. The van der Waals surface area contributed by atoms with Crippen LogP contribution in [0.4, 0.5) is 10.1 Å². The van der Waals surface area contributed by atoms with Crippen molar-refractivity contribution >= 4 is 33.2 Å². The van der Waals surface area contributed by atoms with Crippen molar-refractivity contribution < 1.29 is 4.39 Å². The Morgan fingerprint density at radius 2 is 2.10 bits per heavy atom. The average Bonchev–Trinajstić information content (AvgIpc) is 2.30. The maximum atomic E-state index is 14.1. The number of amidine groups is 1. The molecule has 1 aromatic rings. The molecule has 1 aromatic carbocycles. The maximum absolute atomic E-state index is 14.1. The van der Waals surface area contributed by atoms with E-state index in [2.05, 4.69) is 26.5 Å². The minimum atomic E-state index is -0.506. The molecule has 0 heterocycles. The van der Waals surface area contributed by atoms with Crippen molar-refractivity contribution in [2.75, 3.05) is 5.43 Å². The highest BCUT2D eigenvalue weighted by molar-refractivity contribution is 9.10. The molecule has 0 aromatic heterocycles. The number of nitrogens with one attached hydrogen (secondary N) is 2. The summed E-state index contributed by atoms with van der Waals surface area (Å²) in [4.78, 5) is 0. The quantitative estimate of drug-likeness (QED) is 0.448. The minimum Gasteiger partial charge on any atom is -0.382 e. The molecular formula is C13H15BrFN5. The molecule has 0 aliphatic carbocycles. The van der Waals surface area contributed by atoms with Crippen LogP contribution in [0.2, 0.25) is 0 Å². The van der Waals surface area contributed by atoms with Gasteiger partial charge in [0, 0.05) is 4.47 Å². The average molecular weight is 340 g/mol. The van der Waals surface area contributed by atoms with Gasteiger partial charge in [-0.2, -0.15) is 10.4 Å². The fourth-order valence-corrected chi connectivity index (χ4v) is 1.89. The molecule has 0 saturated heterocycles. The molecule has 1 rings (SSSR count). The third kappa shape index (κ3) is 3.78. The number of hydrogen-bond donors (Lipinski definition) is 3. The molecule has 0 amide bonds. The zero-order valence-electron chi connectivity index (χ0n) is 11.4. The first-order valence-corrected chi connectivity index (χ1v) is 6.54. The first-order valence-electron chi connectivity index (χ1n) is 5.74. The first-order chi connectivity index (χ1) is 9.16. The van der Waals surface area contributed by atoms with Crippen molar-refractivity contribution in [3.8, 4) is 6.07 Å². The van der Waals surface area contributed by atoms with E-state index in [0.29, 0.717) is 4.47 Å². The van der Waals surface area contributed by atoms with Crippen molar-refractivity contribution in [1.29, 1.82) is 10.7 Å². The van der Waals surface area contributed by atoms with Gasteiger partial charge in [-0.15, -0.1) is 0 Å². The van der Waals surface area contributed by atoms with Crippen LogP contribution in [0.5, 0.6) is 0 Å². The SMILES string of the molecule is CC(C)(C)c1cc(F)c(N/N=C(\C#N)C(=N)N)c(Br)c1. The third-order valence-electron chi connectivity index (χ3n) is 2.55. The Bertz CT molecular complexity index is 587. The van der Waals surface area contributed by atoms with Gasteiger partial charge in [0.05, 0.1) is 0 Å². The van der Waals surface area contributed by atoms with E-state index >= 15 is 0 Å². The number of nitriles is 1. The monoisotopic (exact) mass is 339 g/mol. The summed E-state index contributed by atoms with van der Waals surface area (Å²) in [5, 5.41) is 19.4. The minimum absolute atomic E-state index is 0.0898. The molecule has 7 heteroatoms. The highest BCUT2D eigenvalue weighted by Crippen LogP contribution is 2.32. The van der Waals surface area contributed by atoms with E-state index < -0.39 is 11.7 Å². The summed E-state index contributed by atoms with van der Waals surface area (Å²) in [6.45, 7) is 5.93. The van der Waals surface area contributed by atoms with Gasteiger partial charge < -0.3 is 5.73 Å². The van der Waals surface area contributed by atoms with Crippen molar-refractivity contribution in [3.05, 3.63) is 28.0 Å². The predicted molar refractivity (Wildman–Crippen MR) is 81.4 cm³/mol.